The van der Waals surface area contributed by atoms with Gasteiger partial charge >= 0.3 is 0 Å². The lowest BCUT2D eigenvalue weighted by Crippen LogP contribution is -2.02. The van der Waals surface area contributed by atoms with Crippen molar-refractivity contribution in [3.8, 4) is 11.5 Å². The zero-order chi connectivity index (χ0) is 13.4. The highest BCUT2D eigenvalue weighted by molar-refractivity contribution is 9.10. The first-order valence-corrected chi connectivity index (χ1v) is 6.97. The van der Waals surface area contributed by atoms with Crippen LogP contribution < -0.4 is 9.47 Å². The zero-order valence-corrected chi connectivity index (χ0v) is 12.5. The number of methoxy groups -OCH3 is 1. The van der Waals surface area contributed by atoms with Gasteiger partial charge in [0.1, 0.15) is 0 Å². The van der Waals surface area contributed by atoms with Crippen molar-refractivity contribution in [2.75, 3.05) is 13.7 Å². The van der Waals surface area contributed by atoms with E-state index in [1.54, 1.807) is 19.2 Å². The molecule has 1 rings (SSSR count). The Balaban J connectivity index is 2.70. The lowest BCUT2D eigenvalue weighted by atomic mass is 10.2. The fourth-order valence-corrected chi connectivity index (χ4v) is 2.14. The van der Waals surface area contributed by atoms with Crippen molar-refractivity contribution in [1.82, 2.24) is 0 Å². The lowest BCUT2D eigenvalue weighted by Gasteiger charge is -2.13. The van der Waals surface area contributed by atoms with E-state index in [4.69, 9.17) is 9.47 Å². The first-order chi connectivity index (χ1) is 8.72. The molecule has 1 aromatic carbocycles. The van der Waals surface area contributed by atoms with E-state index < -0.39 is 0 Å². The normalized spacial score (nSPS) is 10.2. The molecule has 0 fully saturated rings. The number of benzene rings is 1. The molecule has 18 heavy (non-hydrogen) atoms. The van der Waals surface area contributed by atoms with E-state index >= 15 is 0 Å². The highest BCUT2D eigenvalue weighted by atomic mass is 79.9. The van der Waals surface area contributed by atoms with Crippen LogP contribution in [0.2, 0.25) is 0 Å². The Bertz CT molecular complexity index is 391. The molecule has 0 radical (unpaired) electrons. The van der Waals surface area contributed by atoms with Crippen LogP contribution in [0.1, 0.15) is 43.0 Å². The Morgan fingerprint density at radius 3 is 2.67 bits per heavy atom. The highest BCUT2D eigenvalue weighted by Crippen LogP contribution is 2.34. The van der Waals surface area contributed by atoms with Crippen LogP contribution in [0, 0.1) is 0 Å². The van der Waals surface area contributed by atoms with Crippen molar-refractivity contribution in [2.24, 2.45) is 0 Å². The summed E-state index contributed by atoms with van der Waals surface area (Å²) >= 11 is 3.34. The van der Waals surface area contributed by atoms with Crippen LogP contribution >= 0.6 is 15.9 Å². The van der Waals surface area contributed by atoms with Crippen LogP contribution in [0.25, 0.3) is 0 Å². The summed E-state index contributed by atoms with van der Waals surface area (Å²) in [6.07, 6.45) is 5.33. The molecule has 0 N–H and O–H groups in total. The predicted molar refractivity (Wildman–Crippen MR) is 75.7 cm³/mol. The standard InChI is InChI=1S/C14H19BrO3/c1-3-4-5-6-7-18-14-11(10-16)8-12(15)9-13(14)17-2/h8-10H,3-7H2,1-2H3. The van der Waals surface area contributed by atoms with Crippen LogP contribution in [-0.4, -0.2) is 20.0 Å². The Hall–Kier alpha value is -1.03. The number of carbonyl (C=O) groups excluding carboxylic acids is 1. The molecule has 0 atom stereocenters. The van der Waals surface area contributed by atoms with E-state index in [-0.39, 0.29) is 0 Å². The van der Waals surface area contributed by atoms with Crippen LogP contribution in [0.5, 0.6) is 11.5 Å². The average molecular weight is 315 g/mol. The van der Waals surface area contributed by atoms with E-state index in [9.17, 15) is 4.79 Å². The highest BCUT2D eigenvalue weighted by Gasteiger charge is 2.12. The van der Waals surface area contributed by atoms with E-state index in [1.807, 2.05) is 0 Å². The minimum Gasteiger partial charge on any atom is -0.493 e. The molecule has 0 aromatic heterocycles. The molecular formula is C14H19BrO3. The number of hydrogen-bond donors (Lipinski definition) is 0. The molecule has 0 bridgehead atoms. The topological polar surface area (TPSA) is 35.5 Å². The molecule has 100 valence electrons. The van der Waals surface area contributed by atoms with Gasteiger partial charge in [-0.25, -0.2) is 0 Å². The summed E-state index contributed by atoms with van der Waals surface area (Å²) in [6.45, 7) is 2.78. The van der Waals surface area contributed by atoms with Crippen molar-refractivity contribution in [1.29, 1.82) is 0 Å². The number of carbonyl (C=O) groups is 1. The van der Waals surface area contributed by atoms with E-state index in [0.29, 0.717) is 23.7 Å². The van der Waals surface area contributed by atoms with Crippen molar-refractivity contribution in [3.05, 3.63) is 22.2 Å². The molecule has 0 aliphatic heterocycles. The maximum absolute atomic E-state index is 11.0. The van der Waals surface area contributed by atoms with E-state index in [2.05, 4.69) is 22.9 Å². The van der Waals surface area contributed by atoms with Gasteiger partial charge in [-0.15, -0.1) is 0 Å². The number of ether oxygens (including phenoxy) is 2. The summed E-state index contributed by atoms with van der Waals surface area (Å²) in [5, 5.41) is 0. The molecule has 0 unspecified atom stereocenters. The summed E-state index contributed by atoms with van der Waals surface area (Å²) in [5.74, 6) is 1.12. The van der Waals surface area contributed by atoms with Gasteiger partial charge in [-0.05, 0) is 18.6 Å². The van der Waals surface area contributed by atoms with Crippen molar-refractivity contribution in [2.45, 2.75) is 32.6 Å². The van der Waals surface area contributed by atoms with Gasteiger partial charge in [0.25, 0.3) is 0 Å². The summed E-state index contributed by atoms with van der Waals surface area (Å²) in [6, 6.07) is 3.53. The molecule has 0 aliphatic rings. The minimum absolute atomic E-state index is 0.511. The van der Waals surface area contributed by atoms with Gasteiger partial charge in [0.05, 0.1) is 19.3 Å². The fraction of sp³-hybridized carbons (Fsp3) is 0.500. The monoisotopic (exact) mass is 314 g/mol. The van der Waals surface area contributed by atoms with Crippen LogP contribution in [0.15, 0.2) is 16.6 Å². The zero-order valence-electron chi connectivity index (χ0n) is 10.9. The Morgan fingerprint density at radius 1 is 1.28 bits per heavy atom. The number of hydrogen-bond acceptors (Lipinski definition) is 3. The maximum Gasteiger partial charge on any atom is 0.171 e. The largest absolute Gasteiger partial charge is 0.493 e. The molecule has 0 aliphatic carbocycles. The van der Waals surface area contributed by atoms with Gasteiger partial charge in [0.15, 0.2) is 17.8 Å². The molecule has 3 nitrogen and oxygen atoms in total. The van der Waals surface area contributed by atoms with Gasteiger partial charge < -0.3 is 9.47 Å². The first kappa shape index (κ1) is 15.0. The van der Waals surface area contributed by atoms with E-state index in [0.717, 1.165) is 23.6 Å². The van der Waals surface area contributed by atoms with Gasteiger partial charge in [0.2, 0.25) is 0 Å². The predicted octanol–water partition coefficient (Wildman–Crippen LogP) is 4.23. The van der Waals surface area contributed by atoms with Gasteiger partial charge in [0, 0.05) is 4.47 Å². The third-order valence-corrected chi connectivity index (χ3v) is 3.10. The summed E-state index contributed by atoms with van der Waals surface area (Å²) < 4.78 is 11.7. The molecule has 0 heterocycles. The first-order valence-electron chi connectivity index (χ1n) is 6.18. The Morgan fingerprint density at radius 2 is 2.06 bits per heavy atom. The van der Waals surface area contributed by atoms with Gasteiger partial charge in [-0.3, -0.25) is 4.79 Å². The number of rotatable bonds is 8. The maximum atomic E-state index is 11.0. The molecule has 1 aromatic rings. The third-order valence-electron chi connectivity index (χ3n) is 2.64. The average Bonchev–Trinajstić information content (AvgIpc) is 2.39. The number of unbranched alkanes of at least 4 members (excludes halogenated alkanes) is 3. The fourth-order valence-electron chi connectivity index (χ4n) is 1.69. The molecular weight excluding hydrogens is 296 g/mol. The molecule has 0 saturated carbocycles. The van der Waals surface area contributed by atoms with Crippen LogP contribution in [0.3, 0.4) is 0 Å². The summed E-state index contributed by atoms with van der Waals surface area (Å²) in [5.41, 5.74) is 0.511. The van der Waals surface area contributed by atoms with Crippen molar-refractivity contribution < 1.29 is 14.3 Å². The molecule has 0 amide bonds. The number of aldehydes is 1. The van der Waals surface area contributed by atoms with E-state index in [1.165, 1.54) is 12.8 Å². The van der Waals surface area contributed by atoms with Crippen molar-refractivity contribution >= 4 is 22.2 Å². The SMILES string of the molecule is CCCCCCOc1c(C=O)cc(Br)cc1OC. The van der Waals surface area contributed by atoms with Gasteiger partial charge in [-0.2, -0.15) is 0 Å². The number of halogens is 1. The Kier molecular flexibility index (Phi) is 6.80. The molecule has 0 spiro atoms. The van der Waals surface area contributed by atoms with Crippen molar-refractivity contribution in [3.63, 3.8) is 0 Å². The van der Waals surface area contributed by atoms with Crippen LogP contribution in [-0.2, 0) is 0 Å². The second-order valence-corrected chi connectivity index (χ2v) is 4.97. The van der Waals surface area contributed by atoms with Crippen LogP contribution in [0.4, 0.5) is 0 Å². The third kappa shape index (κ3) is 4.33. The quantitative estimate of drug-likeness (QED) is 0.532. The van der Waals surface area contributed by atoms with Gasteiger partial charge in [-0.1, -0.05) is 42.1 Å². The molecule has 0 saturated heterocycles. The Labute approximate surface area is 117 Å². The smallest absolute Gasteiger partial charge is 0.171 e. The lowest BCUT2D eigenvalue weighted by molar-refractivity contribution is 0.111. The summed E-state index contributed by atoms with van der Waals surface area (Å²) in [7, 11) is 1.57. The minimum atomic E-state index is 0.511. The second-order valence-electron chi connectivity index (χ2n) is 4.05. The second kappa shape index (κ2) is 8.14. The molecule has 4 heteroatoms. The summed E-state index contributed by atoms with van der Waals surface area (Å²) in [4.78, 5) is 11.0.